The molecular weight excluding hydrogens is 284 g/mol. The smallest absolute Gasteiger partial charge is 0.228 e. The van der Waals surface area contributed by atoms with Gasteiger partial charge in [0.05, 0.1) is 22.5 Å². The molecule has 1 aliphatic carbocycles. The van der Waals surface area contributed by atoms with E-state index in [0.717, 1.165) is 30.2 Å². The Bertz CT molecular complexity index is 387. The Morgan fingerprint density at radius 1 is 1.41 bits per heavy atom. The maximum Gasteiger partial charge on any atom is 0.228 e. The second kappa shape index (κ2) is 5.69. The summed E-state index contributed by atoms with van der Waals surface area (Å²) >= 11 is 3.41. The molecule has 0 radical (unpaired) electrons. The fourth-order valence-electron chi connectivity index (χ4n) is 2.11. The topological polar surface area (TPSA) is 57.4 Å². The molecule has 2 rings (SSSR count). The highest BCUT2D eigenvalue weighted by Crippen LogP contribution is 2.29. The molecule has 2 N–H and O–H groups in total. The van der Waals surface area contributed by atoms with Crippen LogP contribution in [-0.4, -0.2) is 24.3 Å². The van der Waals surface area contributed by atoms with Gasteiger partial charge in [0, 0.05) is 13.5 Å². The Balaban J connectivity index is 2.00. The second-order valence-electron chi connectivity index (χ2n) is 4.32. The fourth-order valence-corrected chi connectivity index (χ4v) is 2.57. The van der Waals surface area contributed by atoms with E-state index >= 15 is 0 Å². The van der Waals surface area contributed by atoms with Crippen molar-refractivity contribution in [2.24, 2.45) is 0 Å². The SMILES string of the molecule is COC1CCCC(Oc2ncc(N)cc2Br)C1. The number of pyridine rings is 1. The van der Waals surface area contributed by atoms with E-state index in [9.17, 15) is 0 Å². The van der Waals surface area contributed by atoms with Gasteiger partial charge in [0.1, 0.15) is 6.10 Å². The molecule has 1 aromatic rings. The molecule has 0 saturated heterocycles. The van der Waals surface area contributed by atoms with Crippen molar-refractivity contribution in [3.05, 3.63) is 16.7 Å². The van der Waals surface area contributed by atoms with E-state index in [0.29, 0.717) is 17.7 Å². The Kier molecular flexibility index (Phi) is 4.23. The summed E-state index contributed by atoms with van der Waals surface area (Å²) in [7, 11) is 1.75. The summed E-state index contributed by atoms with van der Waals surface area (Å²) in [4.78, 5) is 4.19. The molecule has 1 aliphatic rings. The van der Waals surface area contributed by atoms with Crippen molar-refractivity contribution in [2.45, 2.75) is 37.9 Å². The number of hydrogen-bond donors (Lipinski definition) is 1. The predicted molar refractivity (Wildman–Crippen MR) is 70.0 cm³/mol. The van der Waals surface area contributed by atoms with Crippen molar-refractivity contribution >= 4 is 21.6 Å². The van der Waals surface area contributed by atoms with Crippen molar-refractivity contribution in [3.8, 4) is 5.88 Å². The van der Waals surface area contributed by atoms with E-state index < -0.39 is 0 Å². The maximum absolute atomic E-state index is 5.88. The van der Waals surface area contributed by atoms with Crippen LogP contribution in [0.4, 0.5) is 5.69 Å². The molecule has 4 nitrogen and oxygen atoms in total. The first-order valence-electron chi connectivity index (χ1n) is 5.79. The minimum atomic E-state index is 0.182. The Morgan fingerprint density at radius 3 is 2.88 bits per heavy atom. The quantitative estimate of drug-likeness (QED) is 0.932. The predicted octanol–water partition coefficient (Wildman–Crippen LogP) is 2.76. The molecule has 2 unspecified atom stereocenters. The normalized spacial score (nSPS) is 24.6. The van der Waals surface area contributed by atoms with Gasteiger partial charge in [0.2, 0.25) is 5.88 Å². The fraction of sp³-hybridized carbons (Fsp3) is 0.583. The zero-order valence-corrected chi connectivity index (χ0v) is 11.4. The molecule has 2 atom stereocenters. The van der Waals surface area contributed by atoms with Crippen LogP contribution in [0.2, 0.25) is 0 Å². The van der Waals surface area contributed by atoms with Crippen molar-refractivity contribution in [1.29, 1.82) is 0 Å². The van der Waals surface area contributed by atoms with Crippen LogP contribution >= 0.6 is 15.9 Å². The third-order valence-corrected chi connectivity index (χ3v) is 3.59. The van der Waals surface area contributed by atoms with Crippen molar-refractivity contribution < 1.29 is 9.47 Å². The van der Waals surface area contributed by atoms with E-state index in [4.69, 9.17) is 15.2 Å². The van der Waals surface area contributed by atoms with Gasteiger partial charge in [-0.15, -0.1) is 0 Å². The minimum Gasteiger partial charge on any atom is -0.473 e. The Morgan fingerprint density at radius 2 is 2.18 bits per heavy atom. The van der Waals surface area contributed by atoms with Crippen LogP contribution in [-0.2, 0) is 4.74 Å². The van der Waals surface area contributed by atoms with Crippen LogP contribution in [0.1, 0.15) is 25.7 Å². The number of aromatic nitrogens is 1. The number of nitrogen functional groups attached to an aromatic ring is 1. The monoisotopic (exact) mass is 300 g/mol. The van der Waals surface area contributed by atoms with Gasteiger partial charge in [-0.3, -0.25) is 0 Å². The molecule has 5 heteroatoms. The van der Waals surface area contributed by atoms with Crippen LogP contribution in [0, 0.1) is 0 Å². The van der Waals surface area contributed by atoms with Gasteiger partial charge in [0.25, 0.3) is 0 Å². The first kappa shape index (κ1) is 12.6. The largest absolute Gasteiger partial charge is 0.473 e. The lowest BCUT2D eigenvalue weighted by atomic mass is 9.95. The highest BCUT2D eigenvalue weighted by molar-refractivity contribution is 9.10. The summed E-state index contributed by atoms with van der Waals surface area (Å²) in [6, 6.07) is 1.80. The molecule has 0 amide bonds. The zero-order valence-electron chi connectivity index (χ0n) is 9.86. The van der Waals surface area contributed by atoms with Gasteiger partial charge in [-0.1, -0.05) is 0 Å². The van der Waals surface area contributed by atoms with Gasteiger partial charge < -0.3 is 15.2 Å². The molecule has 94 valence electrons. The van der Waals surface area contributed by atoms with Gasteiger partial charge in [-0.2, -0.15) is 0 Å². The zero-order chi connectivity index (χ0) is 12.3. The highest BCUT2D eigenvalue weighted by atomic mass is 79.9. The average Bonchev–Trinajstić information content (AvgIpc) is 2.33. The number of nitrogens with zero attached hydrogens (tertiary/aromatic N) is 1. The molecule has 1 aromatic heterocycles. The van der Waals surface area contributed by atoms with Gasteiger partial charge >= 0.3 is 0 Å². The average molecular weight is 301 g/mol. The number of hydrogen-bond acceptors (Lipinski definition) is 4. The van der Waals surface area contributed by atoms with Gasteiger partial charge in [-0.05, 0) is 41.3 Å². The number of anilines is 1. The molecule has 1 heterocycles. The van der Waals surface area contributed by atoms with E-state index in [1.165, 1.54) is 0 Å². The van der Waals surface area contributed by atoms with Crippen LogP contribution < -0.4 is 10.5 Å². The van der Waals surface area contributed by atoms with Crippen LogP contribution in [0.15, 0.2) is 16.7 Å². The maximum atomic E-state index is 5.88. The first-order valence-corrected chi connectivity index (χ1v) is 6.59. The van der Waals surface area contributed by atoms with Crippen molar-refractivity contribution in [1.82, 2.24) is 4.98 Å². The number of rotatable bonds is 3. The second-order valence-corrected chi connectivity index (χ2v) is 5.17. The summed E-state index contributed by atoms with van der Waals surface area (Å²) in [6.45, 7) is 0. The Labute approximate surface area is 110 Å². The third-order valence-electron chi connectivity index (χ3n) is 3.02. The third kappa shape index (κ3) is 3.33. The molecule has 1 fully saturated rings. The van der Waals surface area contributed by atoms with E-state index in [2.05, 4.69) is 20.9 Å². The summed E-state index contributed by atoms with van der Waals surface area (Å²) in [5.41, 5.74) is 6.26. The summed E-state index contributed by atoms with van der Waals surface area (Å²) in [6.07, 6.45) is 6.33. The minimum absolute atomic E-state index is 0.182. The van der Waals surface area contributed by atoms with Crippen LogP contribution in [0.25, 0.3) is 0 Å². The van der Waals surface area contributed by atoms with Gasteiger partial charge in [-0.25, -0.2) is 4.98 Å². The number of halogens is 1. The number of nitrogens with two attached hydrogens (primary N) is 1. The molecule has 1 saturated carbocycles. The number of methoxy groups -OCH3 is 1. The molecule has 0 spiro atoms. The van der Waals surface area contributed by atoms with Crippen LogP contribution in [0.3, 0.4) is 0 Å². The van der Waals surface area contributed by atoms with E-state index in [-0.39, 0.29) is 6.10 Å². The Hall–Kier alpha value is -0.810. The summed E-state index contributed by atoms with van der Waals surface area (Å²) in [5.74, 6) is 0.612. The van der Waals surface area contributed by atoms with E-state index in [1.807, 2.05) is 0 Å². The lowest BCUT2D eigenvalue weighted by molar-refractivity contribution is 0.0192. The summed E-state index contributed by atoms with van der Waals surface area (Å²) in [5, 5.41) is 0. The highest BCUT2D eigenvalue weighted by Gasteiger charge is 2.23. The molecule has 0 aromatic carbocycles. The van der Waals surface area contributed by atoms with Crippen LogP contribution in [0.5, 0.6) is 5.88 Å². The summed E-state index contributed by atoms with van der Waals surface area (Å²) < 4.78 is 12.1. The standard InChI is InChI=1S/C12H17BrN2O2/c1-16-9-3-2-4-10(6-9)17-12-11(13)5-8(14)7-15-12/h5,7,9-10H,2-4,6,14H2,1H3. The number of ether oxygens (including phenoxy) is 2. The lowest BCUT2D eigenvalue weighted by Crippen LogP contribution is -2.29. The molecule has 17 heavy (non-hydrogen) atoms. The molecule has 0 aliphatic heterocycles. The van der Waals surface area contributed by atoms with Crippen molar-refractivity contribution in [2.75, 3.05) is 12.8 Å². The molecule has 0 bridgehead atoms. The van der Waals surface area contributed by atoms with E-state index in [1.54, 1.807) is 19.4 Å². The lowest BCUT2D eigenvalue weighted by Gasteiger charge is -2.28. The van der Waals surface area contributed by atoms with Crippen molar-refractivity contribution in [3.63, 3.8) is 0 Å². The van der Waals surface area contributed by atoms with Gasteiger partial charge in [0.15, 0.2) is 0 Å². The first-order chi connectivity index (χ1) is 8.19. The molecular formula is C12H17BrN2O2.